The van der Waals surface area contributed by atoms with Crippen molar-refractivity contribution in [3.63, 3.8) is 0 Å². The molecule has 0 spiro atoms. The third-order valence-electron chi connectivity index (χ3n) is 2.95. The Bertz CT molecular complexity index is 214. The Morgan fingerprint density at radius 1 is 1.20 bits per heavy atom. The van der Waals surface area contributed by atoms with Gasteiger partial charge in [0.25, 0.3) is 5.91 Å². The molecular formula is C12H25NO2. The van der Waals surface area contributed by atoms with Gasteiger partial charge in [0.05, 0.1) is 0 Å². The predicted octanol–water partition coefficient (Wildman–Crippen LogP) is 2.45. The second-order valence-corrected chi connectivity index (χ2v) is 5.01. The van der Waals surface area contributed by atoms with Gasteiger partial charge in [0.15, 0.2) is 0 Å². The van der Waals surface area contributed by atoms with Crippen molar-refractivity contribution >= 4 is 5.91 Å². The Morgan fingerprint density at radius 3 is 1.87 bits per heavy atom. The van der Waals surface area contributed by atoms with Crippen LogP contribution >= 0.6 is 0 Å². The number of hydrogen-bond acceptors (Lipinski definition) is 2. The van der Waals surface area contributed by atoms with Gasteiger partial charge >= 0.3 is 0 Å². The molecule has 0 saturated heterocycles. The molecule has 90 valence electrons. The number of ether oxygens (including phenoxy) is 1. The number of rotatable bonds is 4. The van der Waals surface area contributed by atoms with Crippen molar-refractivity contribution < 1.29 is 9.53 Å². The van der Waals surface area contributed by atoms with Gasteiger partial charge in [-0.2, -0.15) is 0 Å². The summed E-state index contributed by atoms with van der Waals surface area (Å²) in [5.41, 5.74) is -0.843. The quantitative estimate of drug-likeness (QED) is 0.721. The van der Waals surface area contributed by atoms with Crippen LogP contribution in [0.25, 0.3) is 0 Å². The van der Waals surface area contributed by atoms with E-state index in [-0.39, 0.29) is 11.4 Å². The summed E-state index contributed by atoms with van der Waals surface area (Å²) in [7, 11) is 1.60. The number of likely N-dealkylation sites (N-methyl/N-ethyl adjacent to an activating group) is 1. The van der Waals surface area contributed by atoms with Crippen LogP contribution in [0.15, 0.2) is 0 Å². The van der Waals surface area contributed by atoms with Crippen LogP contribution in [0.4, 0.5) is 0 Å². The van der Waals surface area contributed by atoms with E-state index in [1.807, 2.05) is 46.4 Å². The maximum atomic E-state index is 12.3. The van der Waals surface area contributed by atoms with Crippen molar-refractivity contribution in [3.05, 3.63) is 0 Å². The van der Waals surface area contributed by atoms with Gasteiger partial charge in [-0.25, -0.2) is 0 Å². The van der Waals surface area contributed by atoms with Crippen LogP contribution in [0.2, 0.25) is 0 Å². The Kier molecular flexibility index (Phi) is 4.78. The molecule has 0 N–H and O–H groups in total. The van der Waals surface area contributed by atoms with Crippen molar-refractivity contribution in [1.82, 2.24) is 4.90 Å². The van der Waals surface area contributed by atoms with E-state index in [4.69, 9.17) is 4.74 Å². The van der Waals surface area contributed by atoms with Crippen LogP contribution in [-0.4, -0.2) is 35.6 Å². The van der Waals surface area contributed by atoms with Crippen molar-refractivity contribution in [2.24, 2.45) is 0 Å². The van der Waals surface area contributed by atoms with Gasteiger partial charge in [0, 0.05) is 19.2 Å². The van der Waals surface area contributed by atoms with E-state index in [1.54, 1.807) is 7.11 Å². The summed E-state index contributed by atoms with van der Waals surface area (Å²) in [6.07, 6.45) is 0.689. The third-order valence-corrected chi connectivity index (χ3v) is 2.95. The number of methoxy groups -OCH3 is 1. The molecule has 0 aromatic heterocycles. The molecule has 15 heavy (non-hydrogen) atoms. The molecule has 0 saturated carbocycles. The minimum atomic E-state index is -0.691. The molecule has 1 amide bonds. The zero-order valence-corrected chi connectivity index (χ0v) is 11.2. The first kappa shape index (κ1) is 14.4. The van der Waals surface area contributed by atoms with Crippen molar-refractivity contribution in [1.29, 1.82) is 0 Å². The number of carbonyl (C=O) groups is 1. The lowest BCUT2D eigenvalue weighted by molar-refractivity contribution is -0.158. The van der Waals surface area contributed by atoms with Gasteiger partial charge in [-0.15, -0.1) is 0 Å². The lowest BCUT2D eigenvalue weighted by atomic mass is 9.97. The fourth-order valence-corrected chi connectivity index (χ4v) is 1.59. The van der Waals surface area contributed by atoms with Crippen LogP contribution < -0.4 is 0 Å². The van der Waals surface area contributed by atoms with E-state index in [9.17, 15) is 4.79 Å². The molecule has 0 radical (unpaired) electrons. The zero-order chi connectivity index (χ0) is 12.3. The minimum absolute atomic E-state index is 0.0718. The largest absolute Gasteiger partial charge is 0.369 e. The topological polar surface area (TPSA) is 29.5 Å². The molecule has 0 aromatic carbocycles. The fourth-order valence-electron chi connectivity index (χ4n) is 1.59. The van der Waals surface area contributed by atoms with Crippen molar-refractivity contribution in [2.45, 2.75) is 59.1 Å². The van der Waals surface area contributed by atoms with E-state index < -0.39 is 5.60 Å². The molecule has 1 unspecified atom stereocenters. The molecule has 0 aliphatic heterocycles. The van der Waals surface area contributed by atoms with Crippen LogP contribution in [0.3, 0.4) is 0 Å². The van der Waals surface area contributed by atoms with E-state index in [0.717, 1.165) is 0 Å². The number of hydrogen-bond donors (Lipinski definition) is 0. The standard InChI is InChI=1S/C12H25NO2/c1-8-12(6,15-7)10(14)13(9-2)11(3,4)5/h8-9H2,1-7H3. The first-order valence-corrected chi connectivity index (χ1v) is 5.60. The monoisotopic (exact) mass is 215 g/mol. The molecule has 3 nitrogen and oxygen atoms in total. The van der Waals surface area contributed by atoms with E-state index in [1.165, 1.54) is 0 Å². The Hall–Kier alpha value is -0.570. The Balaban J connectivity index is 4.96. The highest BCUT2D eigenvalue weighted by Gasteiger charge is 2.38. The second kappa shape index (κ2) is 4.97. The Morgan fingerprint density at radius 2 is 1.67 bits per heavy atom. The smallest absolute Gasteiger partial charge is 0.254 e. The van der Waals surface area contributed by atoms with Gasteiger partial charge < -0.3 is 9.64 Å². The molecule has 0 bridgehead atoms. The average molecular weight is 215 g/mol. The number of nitrogens with zero attached hydrogens (tertiary/aromatic N) is 1. The van der Waals surface area contributed by atoms with Crippen molar-refractivity contribution in [3.8, 4) is 0 Å². The molecule has 0 aromatic rings. The third kappa shape index (κ3) is 3.20. The van der Waals surface area contributed by atoms with Gasteiger partial charge in [0.2, 0.25) is 0 Å². The summed E-state index contributed by atoms with van der Waals surface area (Å²) in [6.45, 7) is 12.7. The van der Waals surface area contributed by atoms with E-state index >= 15 is 0 Å². The maximum absolute atomic E-state index is 12.3. The highest BCUT2D eigenvalue weighted by Crippen LogP contribution is 2.23. The van der Waals surface area contributed by atoms with Crippen LogP contribution in [0, 0.1) is 0 Å². The predicted molar refractivity (Wildman–Crippen MR) is 62.8 cm³/mol. The number of carbonyl (C=O) groups excluding carboxylic acids is 1. The van der Waals surface area contributed by atoms with Crippen LogP contribution in [0.1, 0.15) is 48.0 Å². The molecule has 0 rings (SSSR count). The SMILES string of the molecule is CCN(C(=O)C(C)(CC)OC)C(C)(C)C. The highest BCUT2D eigenvalue weighted by molar-refractivity contribution is 5.85. The second-order valence-electron chi connectivity index (χ2n) is 5.01. The summed E-state index contributed by atoms with van der Waals surface area (Å²) in [5, 5.41) is 0. The minimum Gasteiger partial charge on any atom is -0.369 e. The molecular weight excluding hydrogens is 190 g/mol. The van der Waals surface area contributed by atoms with Gasteiger partial charge in [0.1, 0.15) is 5.60 Å². The fraction of sp³-hybridized carbons (Fsp3) is 0.917. The van der Waals surface area contributed by atoms with Crippen LogP contribution in [0.5, 0.6) is 0 Å². The van der Waals surface area contributed by atoms with E-state index in [2.05, 4.69) is 0 Å². The lowest BCUT2D eigenvalue weighted by Gasteiger charge is -2.40. The molecule has 0 heterocycles. The summed E-state index contributed by atoms with van der Waals surface area (Å²) >= 11 is 0. The Labute approximate surface area is 93.8 Å². The molecule has 0 fully saturated rings. The number of amides is 1. The summed E-state index contributed by atoms with van der Waals surface area (Å²) < 4.78 is 5.34. The highest BCUT2D eigenvalue weighted by atomic mass is 16.5. The lowest BCUT2D eigenvalue weighted by Crippen LogP contribution is -2.54. The van der Waals surface area contributed by atoms with Crippen molar-refractivity contribution in [2.75, 3.05) is 13.7 Å². The van der Waals surface area contributed by atoms with Gasteiger partial charge in [-0.1, -0.05) is 6.92 Å². The first-order chi connectivity index (χ1) is 6.72. The molecule has 3 heteroatoms. The first-order valence-electron chi connectivity index (χ1n) is 5.60. The molecule has 0 aliphatic carbocycles. The summed E-state index contributed by atoms with van der Waals surface area (Å²) in [4.78, 5) is 14.2. The van der Waals surface area contributed by atoms with E-state index in [0.29, 0.717) is 13.0 Å². The zero-order valence-electron chi connectivity index (χ0n) is 11.2. The molecule has 1 atom stereocenters. The maximum Gasteiger partial charge on any atom is 0.254 e. The normalized spacial score (nSPS) is 15.9. The van der Waals surface area contributed by atoms with Gasteiger partial charge in [-0.05, 0) is 41.0 Å². The molecule has 0 aliphatic rings. The van der Waals surface area contributed by atoms with Crippen LogP contribution in [-0.2, 0) is 9.53 Å². The summed E-state index contributed by atoms with van der Waals surface area (Å²) in [6, 6.07) is 0. The average Bonchev–Trinajstić information content (AvgIpc) is 2.15. The summed E-state index contributed by atoms with van der Waals surface area (Å²) in [5.74, 6) is 0.0718. The van der Waals surface area contributed by atoms with Gasteiger partial charge in [-0.3, -0.25) is 4.79 Å².